The molecule has 15 heavy (non-hydrogen) atoms. The highest BCUT2D eigenvalue weighted by Gasteiger charge is 2.10. The van der Waals surface area contributed by atoms with Crippen molar-refractivity contribution in [3.63, 3.8) is 0 Å². The SMILES string of the molecule is CCNC(COC)c1cc(Br)cc(Br)c1. The van der Waals surface area contributed by atoms with Gasteiger partial charge in [-0.05, 0) is 30.3 Å². The summed E-state index contributed by atoms with van der Waals surface area (Å²) in [5, 5.41) is 3.39. The molecule has 0 fully saturated rings. The van der Waals surface area contributed by atoms with Gasteiger partial charge in [0.2, 0.25) is 0 Å². The van der Waals surface area contributed by atoms with Crippen LogP contribution in [0.5, 0.6) is 0 Å². The van der Waals surface area contributed by atoms with Crippen LogP contribution in [-0.4, -0.2) is 20.3 Å². The molecule has 1 atom stereocenters. The lowest BCUT2D eigenvalue weighted by Gasteiger charge is -2.18. The predicted molar refractivity (Wildman–Crippen MR) is 70.1 cm³/mol. The second-order valence-electron chi connectivity index (χ2n) is 3.27. The molecule has 0 saturated heterocycles. The van der Waals surface area contributed by atoms with Gasteiger partial charge in [0.15, 0.2) is 0 Å². The molecule has 4 heteroatoms. The molecule has 1 rings (SSSR count). The third-order valence-corrected chi connectivity index (χ3v) is 2.99. The number of likely N-dealkylation sites (N-methyl/N-ethyl adjacent to an activating group) is 1. The molecule has 0 aromatic heterocycles. The van der Waals surface area contributed by atoms with E-state index in [2.05, 4.69) is 56.2 Å². The third kappa shape index (κ3) is 4.23. The van der Waals surface area contributed by atoms with Crippen LogP contribution in [0, 0.1) is 0 Å². The topological polar surface area (TPSA) is 21.3 Å². The second-order valence-corrected chi connectivity index (χ2v) is 5.10. The van der Waals surface area contributed by atoms with Crippen LogP contribution < -0.4 is 5.32 Å². The lowest BCUT2D eigenvalue weighted by Crippen LogP contribution is -2.24. The molecule has 0 spiro atoms. The Bertz CT molecular complexity index is 291. The van der Waals surface area contributed by atoms with E-state index in [1.165, 1.54) is 5.56 Å². The molecular weight excluding hydrogens is 322 g/mol. The summed E-state index contributed by atoms with van der Waals surface area (Å²) in [5.41, 5.74) is 1.22. The van der Waals surface area contributed by atoms with Crippen molar-refractivity contribution in [2.24, 2.45) is 0 Å². The summed E-state index contributed by atoms with van der Waals surface area (Å²) in [6.07, 6.45) is 0. The Morgan fingerprint density at radius 3 is 2.33 bits per heavy atom. The van der Waals surface area contributed by atoms with Gasteiger partial charge in [0.1, 0.15) is 0 Å². The van der Waals surface area contributed by atoms with Crippen LogP contribution in [0.25, 0.3) is 0 Å². The number of hydrogen-bond acceptors (Lipinski definition) is 2. The fraction of sp³-hybridized carbons (Fsp3) is 0.455. The number of nitrogens with one attached hydrogen (secondary N) is 1. The van der Waals surface area contributed by atoms with Gasteiger partial charge in [-0.1, -0.05) is 38.8 Å². The lowest BCUT2D eigenvalue weighted by molar-refractivity contribution is 0.168. The molecule has 0 aliphatic heterocycles. The second kappa shape index (κ2) is 6.63. The van der Waals surface area contributed by atoms with Gasteiger partial charge >= 0.3 is 0 Å². The average molecular weight is 337 g/mol. The maximum atomic E-state index is 5.20. The average Bonchev–Trinajstić information content (AvgIpc) is 2.16. The minimum atomic E-state index is 0.244. The molecule has 1 aromatic carbocycles. The van der Waals surface area contributed by atoms with Crippen LogP contribution in [0.1, 0.15) is 18.5 Å². The molecular formula is C11H15Br2NO. The molecule has 0 amide bonds. The summed E-state index contributed by atoms with van der Waals surface area (Å²) in [4.78, 5) is 0. The van der Waals surface area contributed by atoms with Crippen LogP contribution in [0.15, 0.2) is 27.1 Å². The zero-order valence-electron chi connectivity index (χ0n) is 8.89. The van der Waals surface area contributed by atoms with Crippen LogP contribution in [0.4, 0.5) is 0 Å². The Balaban J connectivity index is 2.88. The lowest BCUT2D eigenvalue weighted by atomic mass is 10.1. The first-order valence-corrected chi connectivity index (χ1v) is 6.44. The fourth-order valence-electron chi connectivity index (χ4n) is 1.46. The Labute approximate surface area is 108 Å². The number of benzene rings is 1. The van der Waals surface area contributed by atoms with Crippen LogP contribution in [0.2, 0.25) is 0 Å². The Morgan fingerprint density at radius 1 is 1.27 bits per heavy atom. The van der Waals surface area contributed by atoms with Crippen molar-refractivity contribution in [3.8, 4) is 0 Å². The monoisotopic (exact) mass is 335 g/mol. The zero-order valence-corrected chi connectivity index (χ0v) is 12.1. The van der Waals surface area contributed by atoms with Gasteiger partial charge in [0, 0.05) is 16.1 Å². The first kappa shape index (κ1) is 13.2. The highest BCUT2D eigenvalue weighted by atomic mass is 79.9. The number of halogens is 2. The van der Waals surface area contributed by atoms with E-state index in [1.807, 2.05) is 6.07 Å². The molecule has 1 aromatic rings. The molecule has 1 N–H and O–H groups in total. The third-order valence-electron chi connectivity index (χ3n) is 2.07. The van der Waals surface area contributed by atoms with Crippen LogP contribution >= 0.6 is 31.9 Å². The van der Waals surface area contributed by atoms with Gasteiger partial charge in [-0.2, -0.15) is 0 Å². The normalized spacial score (nSPS) is 12.8. The summed E-state index contributed by atoms with van der Waals surface area (Å²) in [5.74, 6) is 0. The van der Waals surface area contributed by atoms with Crippen molar-refractivity contribution in [2.75, 3.05) is 20.3 Å². The zero-order chi connectivity index (χ0) is 11.3. The summed E-state index contributed by atoms with van der Waals surface area (Å²) < 4.78 is 7.35. The standard InChI is InChI=1S/C11H15Br2NO/c1-3-14-11(7-15-2)8-4-9(12)6-10(13)5-8/h4-6,11,14H,3,7H2,1-2H3. The molecule has 0 bridgehead atoms. The first-order chi connectivity index (χ1) is 7.17. The smallest absolute Gasteiger partial charge is 0.0657 e. The van der Waals surface area contributed by atoms with Gasteiger partial charge in [-0.3, -0.25) is 0 Å². The van der Waals surface area contributed by atoms with Crippen LogP contribution in [-0.2, 0) is 4.74 Å². The predicted octanol–water partition coefficient (Wildman–Crippen LogP) is 3.51. The maximum absolute atomic E-state index is 5.20. The summed E-state index contributed by atoms with van der Waals surface area (Å²) >= 11 is 6.97. The van der Waals surface area contributed by atoms with E-state index in [1.54, 1.807) is 7.11 Å². The molecule has 0 saturated carbocycles. The van der Waals surface area contributed by atoms with Crippen molar-refractivity contribution in [3.05, 3.63) is 32.7 Å². The van der Waals surface area contributed by atoms with E-state index < -0.39 is 0 Å². The van der Waals surface area contributed by atoms with Gasteiger partial charge in [0.25, 0.3) is 0 Å². The maximum Gasteiger partial charge on any atom is 0.0657 e. The van der Waals surface area contributed by atoms with E-state index in [-0.39, 0.29) is 6.04 Å². The molecule has 1 unspecified atom stereocenters. The molecule has 2 nitrogen and oxygen atoms in total. The summed E-state index contributed by atoms with van der Waals surface area (Å²) in [6.45, 7) is 3.70. The molecule has 84 valence electrons. The van der Waals surface area contributed by atoms with E-state index >= 15 is 0 Å². The van der Waals surface area contributed by atoms with E-state index in [4.69, 9.17) is 4.74 Å². The Kier molecular flexibility index (Phi) is 5.82. The van der Waals surface area contributed by atoms with E-state index in [0.29, 0.717) is 6.61 Å². The minimum absolute atomic E-state index is 0.244. The highest BCUT2D eigenvalue weighted by molar-refractivity contribution is 9.11. The summed E-state index contributed by atoms with van der Waals surface area (Å²) in [6, 6.07) is 6.49. The minimum Gasteiger partial charge on any atom is -0.383 e. The molecule has 0 aliphatic rings. The van der Waals surface area contributed by atoms with Crippen molar-refractivity contribution >= 4 is 31.9 Å². The van der Waals surface area contributed by atoms with Gasteiger partial charge in [-0.25, -0.2) is 0 Å². The van der Waals surface area contributed by atoms with Gasteiger partial charge < -0.3 is 10.1 Å². The van der Waals surface area contributed by atoms with Crippen molar-refractivity contribution < 1.29 is 4.74 Å². The molecule has 0 aliphatic carbocycles. The van der Waals surface area contributed by atoms with Crippen molar-refractivity contribution in [1.29, 1.82) is 0 Å². The molecule has 0 heterocycles. The number of hydrogen-bond donors (Lipinski definition) is 1. The number of ether oxygens (including phenoxy) is 1. The Hall–Kier alpha value is 0.1000. The van der Waals surface area contributed by atoms with Crippen LogP contribution in [0.3, 0.4) is 0 Å². The summed E-state index contributed by atoms with van der Waals surface area (Å²) in [7, 11) is 1.72. The van der Waals surface area contributed by atoms with E-state index in [0.717, 1.165) is 15.5 Å². The van der Waals surface area contributed by atoms with Crippen molar-refractivity contribution in [1.82, 2.24) is 5.32 Å². The molecule has 0 radical (unpaired) electrons. The van der Waals surface area contributed by atoms with Crippen molar-refractivity contribution in [2.45, 2.75) is 13.0 Å². The fourth-order valence-corrected chi connectivity index (χ4v) is 2.79. The number of methoxy groups -OCH3 is 1. The van der Waals surface area contributed by atoms with Gasteiger partial charge in [0.05, 0.1) is 12.6 Å². The Morgan fingerprint density at radius 2 is 1.87 bits per heavy atom. The largest absolute Gasteiger partial charge is 0.383 e. The quantitative estimate of drug-likeness (QED) is 0.888. The highest BCUT2D eigenvalue weighted by Crippen LogP contribution is 2.24. The number of rotatable bonds is 5. The first-order valence-electron chi connectivity index (χ1n) is 4.85. The van der Waals surface area contributed by atoms with E-state index in [9.17, 15) is 0 Å². The van der Waals surface area contributed by atoms with Gasteiger partial charge in [-0.15, -0.1) is 0 Å².